The summed E-state index contributed by atoms with van der Waals surface area (Å²) < 4.78 is 7.75. The normalized spacial score (nSPS) is 10.7. The van der Waals surface area contributed by atoms with E-state index in [4.69, 9.17) is 4.74 Å². The quantitative estimate of drug-likeness (QED) is 0.796. The number of rotatable bonds is 4. The van der Waals surface area contributed by atoms with Gasteiger partial charge in [-0.15, -0.1) is 0 Å². The maximum Gasteiger partial charge on any atom is 0.228 e. The van der Waals surface area contributed by atoms with Gasteiger partial charge in [0, 0.05) is 0 Å². The predicted octanol–water partition coefficient (Wildman–Crippen LogP) is 3.77. The fourth-order valence-electron chi connectivity index (χ4n) is 2.36. The first-order valence-electron chi connectivity index (χ1n) is 7.18. The Labute approximate surface area is 129 Å². The number of aliphatic hydroxyl groups is 1. The minimum absolute atomic E-state index is 0.111. The summed E-state index contributed by atoms with van der Waals surface area (Å²) in [5.41, 5.74) is 3.47. The van der Waals surface area contributed by atoms with Crippen molar-refractivity contribution in [1.29, 1.82) is 0 Å². The summed E-state index contributed by atoms with van der Waals surface area (Å²) >= 11 is 0. The highest BCUT2D eigenvalue weighted by Gasteiger charge is 2.18. The van der Waals surface area contributed by atoms with Gasteiger partial charge in [0.05, 0.1) is 23.6 Å². The van der Waals surface area contributed by atoms with Gasteiger partial charge in [-0.1, -0.05) is 30.3 Å². The van der Waals surface area contributed by atoms with Gasteiger partial charge in [0.25, 0.3) is 0 Å². The molecule has 0 unspecified atom stereocenters. The van der Waals surface area contributed by atoms with E-state index >= 15 is 0 Å². The van der Waals surface area contributed by atoms with Crippen molar-refractivity contribution in [1.82, 2.24) is 9.78 Å². The Hall–Kier alpha value is -2.59. The number of aliphatic hydroxyl groups excluding tert-OH is 1. The molecule has 2 aromatic carbocycles. The van der Waals surface area contributed by atoms with Crippen LogP contribution in [0.1, 0.15) is 16.8 Å². The number of benzene rings is 2. The topological polar surface area (TPSA) is 47.3 Å². The molecular weight excluding hydrogens is 276 g/mol. The maximum atomic E-state index is 9.66. The van der Waals surface area contributed by atoms with Gasteiger partial charge in [-0.05, 0) is 43.7 Å². The van der Waals surface area contributed by atoms with Crippen molar-refractivity contribution in [3.63, 3.8) is 0 Å². The third kappa shape index (κ3) is 2.73. The molecule has 22 heavy (non-hydrogen) atoms. The van der Waals surface area contributed by atoms with Crippen LogP contribution >= 0.6 is 0 Å². The summed E-state index contributed by atoms with van der Waals surface area (Å²) in [4.78, 5) is 0. The molecule has 3 rings (SSSR count). The molecular formula is C18H18N2O2. The summed E-state index contributed by atoms with van der Waals surface area (Å²) in [6, 6.07) is 17.6. The van der Waals surface area contributed by atoms with E-state index in [1.807, 2.05) is 68.4 Å². The second kappa shape index (κ2) is 6.03. The lowest BCUT2D eigenvalue weighted by Crippen LogP contribution is -2.00. The molecule has 0 bridgehead atoms. The van der Waals surface area contributed by atoms with Crippen LogP contribution in [-0.2, 0) is 6.61 Å². The molecule has 0 saturated carbocycles. The van der Waals surface area contributed by atoms with Crippen LogP contribution in [-0.4, -0.2) is 14.9 Å². The fourth-order valence-corrected chi connectivity index (χ4v) is 2.36. The van der Waals surface area contributed by atoms with E-state index in [2.05, 4.69) is 5.10 Å². The largest absolute Gasteiger partial charge is 0.439 e. The van der Waals surface area contributed by atoms with Gasteiger partial charge in [-0.3, -0.25) is 0 Å². The first kappa shape index (κ1) is 14.4. The summed E-state index contributed by atoms with van der Waals surface area (Å²) in [6.45, 7) is 3.77. The standard InChI is InChI=1S/C18H18N2O2/c1-13-7-6-10-16(11-13)22-18-17(12-21)14(2)19-20(18)15-8-4-3-5-9-15/h3-11,21H,12H2,1-2H3. The highest BCUT2D eigenvalue weighted by molar-refractivity contribution is 5.43. The van der Waals surface area contributed by atoms with Gasteiger partial charge in [0.15, 0.2) is 0 Å². The molecule has 0 atom stereocenters. The zero-order chi connectivity index (χ0) is 15.5. The molecule has 1 aromatic heterocycles. The molecule has 0 fully saturated rings. The molecule has 0 spiro atoms. The van der Waals surface area contributed by atoms with Crippen molar-refractivity contribution < 1.29 is 9.84 Å². The van der Waals surface area contributed by atoms with Gasteiger partial charge in [0.2, 0.25) is 5.88 Å². The number of ether oxygens (including phenoxy) is 1. The number of aryl methyl sites for hydroxylation is 2. The van der Waals surface area contributed by atoms with Gasteiger partial charge >= 0.3 is 0 Å². The lowest BCUT2D eigenvalue weighted by molar-refractivity contribution is 0.275. The second-order valence-corrected chi connectivity index (χ2v) is 5.19. The minimum atomic E-state index is -0.111. The van der Waals surface area contributed by atoms with Crippen molar-refractivity contribution in [3.8, 4) is 17.3 Å². The number of para-hydroxylation sites is 1. The van der Waals surface area contributed by atoms with Crippen molar-refractivity contribution >= 4 is 0 Å². The second-order valence-electron chi connectivity index (χ2n) is 5.19. The molecule has 112 valence electrons. The van der Waals surface area contributed by atoms with E-state index < -0.39 is 0 Å². The van der Waals surface area contributed by atoms with E-state index in [9.17, 15) is 5.11 Å². The molecule has 0 amide bonds. The molecule has 4 nitrogen and oxygen atoms in total. The molecule has 0 aliphatic carbocycles. The van der Waals surface area contributed by atoms with E-state index in [0.717, 1.165) is 22.7 Å². The molecule has 4 heteroatoms. The van der Waals surface area contributed by atoms with Gasteiger partial charge in [-0.2, -0.15) is 5.10 Å². The van der Waals surface area contributed by atoms with Gasteiger partial charge in [-0.25, -0.2) is 4.68 Å². The van der Waals surface area contributed by atoms with Crippen molar-refractivity contribution in [2.24, 2.45) is 0 Å². The van der Waals surface area contributed by atoms with Crippen LogP contribution in [0, 0.1) is 13.8 Å². The number of hydrogen-bond donors (Lipinski definition) is 1. The SMILES string of the molecule is Cc1cccc(Oc2c(CO)c(C)nn2-c2ccccc2)c1. The van der Waals surface area contributed by atoms with Gasteiger partial charge in [0.1, 0.15) is 5.75 Å². The lowest BCUT2D eigenvalue weighted by Gasteiger charge is -2.11. The average molecular weight is 294 g/mol. The molecule has 3 aromatic rings. The first-order valence-corrected chi connectivity index (χ1v) is 7.18. The third-order valence-electron chi connectivity index (χ3n) is 3.50. The van der Waals surface area contributed by atoms with Crippen molar-refractivity contribution in [3.05, 3.63) is 71.4 Å². The van der Waals surface area contributed by atoms with Crippen LogP contribution in [0.15, 0.2) is 54.6 Å². The molecule has 0 aliphatic rings. The van der Waals surface area contributed by atoms with E-state index in [0.29, 0.717) is 11.4 Å². The molecule has 0 saturated heterocycles. The fraction of sp³-hybridized carbons (Fsp3) is 0.167. The van der Waals surface area contributed by atoms with Crippen LogP contribution in [0.2, 0.25) is 0 Å². The molecule has 0 radical (unpaired) electrons. The number of hydrogen-bond acceptors (Lipinski definition) is 3. The molecule has 0 aliphatic heterocycles. The lowest BCUT2D eigenvalue weighted by atomic mass is 10.2. The first-order chi connectivity index (χ1) is 10.7. The Balaban J connectivity index is 2.09. The molecule has 1 N–H and O–H groups in total. The Kier molecular flexibility index (Phi) is 3.94. The predicted molar refractivity (Wildman–Crippen MR) is 85.5 cm³/mol. The molecule has 1 heterocycles. The highest BCUT2D eigenvalue weighted by Crippen LogP contribution is 2.30. The van der Waals surface area contributed by atoms with Crippen molar-refractivity contribution in [2.75, 3.05) is 0 Å². The smallest absolute Gasteiger partial charge is 0.228 e. The minimum Gasteiger partial charge on any atom is -0.439 e. The maximum absolute atomic E-state index is 9.66. The average Bonchev–Trinajstić information content (AvgIpc) is 2.84. The van der Waals surface area contributed by atoms with Crippen LogP contribution in [0.3, 0.4) is 0 Å². The van der Waals surface area contributed by atoms with Gasteiger partial charge < -0.3 is 9.84 Å². The summed E-state index contributed by atoms with van der Waals surface area (Å²) in [5.74, 6) is 1.28. The summed E-state index contributed by atoms with van der Waals surface area (Å²) in [5, 5.41) is 14.2. The van der Waals surface area contributed by atoms with E-state index in [1.165, 1.54) is 0 Å². The van der Waals surface area contributed by atoms with Crippen LogP contribution in [0.5, 0.6) is 11.6 Å². The zero-order valence-corrected chi connectivity index (χ0v) is 12.7. The van der Waals surface area contributed by atoms with Crippen LogP contribution < -0.4 is 4.74 Å². The van der Waals surface area contributed by atoms with E-state index in [1.54, 1.807) is 4.68 Å². The number of aromatic nitrogens is 2. The Morgan fingerprint density at radius 2 is 1.82 bits per heavy atom. The Morgan fingerprint density at radius 1 is 1.05 bits per heavy atom. The van der Waals surface area contributed by atoms with Crippen molar-refractivity contribution in [2.45, 2.75) is 20.5 Å². The monoisotopic (exact) mass is 294 g/mol. The Morgan fingerprint density at radius 3 is 2.50 bits per heavy atom. The highest BCUT2D eigenvalue weighted by atomic mass is 16.5. The zero-order valence-electron chi connectivity index (χ0n) is 12.7. The van der Waals surface area contributed by atoms with Crippen LogP contribution in [0.4, 0.5) is 0 Å². The summed E-state index contributed by atoms with van der Waals surface area (Å²) in [7, 11) is 0. The van der Waals surface area contributed by atoms with Crippen LogP contribution in [0.25, 0.3) is 5.69 Å². The summed E-state index contributed by atoms with van der Waals surface area (Å²) in [6.07, 6.45) is 0. The number of nitrogens with zero attached hydrogens (tertiary/aromatic N) is 2. The Bertz CT molecular complexity index is 779. The van der Waals surface area contributed by atoms with E-state index in [-0.39, 0.29) is 6.61 Å². The third-order valence-corrected chi connectivity index (χ3v) is 3.50.